The highest BCUT2D eigenvalue weighted by Crippen LogP contribution is 2.31. The smallest absolute Gasteiger partial charge is 0.134 e. The van der Waals surface area contributed by atoms with E-state index in [1.54, 1.807) is 28.6 Å². The van der Waals surface area contributed by atoms with E-state index in [1.807, 2.05) is 20.2 Å². The molecule has 2 nitrogen and oxygen atoms in total. The van der Waals surface area contributed by atoms with Crippen molar-refractivity contribution in [2.45, 2.75) is 11.9 Å². The second-order valence-corrected chi connectivity index (χ2v) is 4.96. The van der Waals surface area contributed by atoms with Crippen LogP contribution in [0, 0.1) is 12.7 Å². The zero-order valence-corrected chi connectivity index (χ0v) is 11.4. The second kappa shape index (κ2) is 4.70. The fourth-order valence-electron chi connectivity index (χ4n) is 1.84. The van der Waals surface area contributed by atoms with Crippen molar-refractivity contribution in [2.24, 2.45) is 7.05 Å². The molecule has 2 rings (SSSR count). The number of rotatable bonds is 2. The van der Waals surface area contributed by atoms with E-state index >= 15 is 0 Å². The molecule has 0 aliphatic heterocycles. The number of halogens is 2. The third-order valence-electron chi connectivity index (χ3n) is 2.60. The lowest BCUT2D eigenvalue weighted by Crippen LogP contribution is -1.92. The molecule has 0 saturated carbocycles. The molecule has 1 heterocycles. The Labute approximate surface area is 109 Å². The second-order valence-electron chi connectivity index (χ2n) is 3.73. The summed E-state index contributed by atoms with van der Waals surface area (Å²) in [6.07, 6.45) is 1.98. The SMILES string of the molecule is CSc1c(C)c(-c2ccc(Cl)cc2F)nn1C. The first-order chi connectivity index (χ1) is 8.04. The molecular formula is C12H12ClFN2S. The Morgan fingerprint density at radius 3 is 2.65 bits per heavy atom. The maximum absolute atomic E-state index is 13.8. The molecule has 0 bridgehead atoms. The Hall–Kier alpha value is -1.00. The molecule has 0 aliphatic rings. The number of thioether (sulfide) groups is 1. The summed E-state index contributed by atoms with van der Waals surface area (Å²) in [7, 11) is 1.86. The highest BCUT2D eigenvalue weighted by molar-refractivity contribution is 7.98. The Bertz CT molecular complexity index is 566. The normalized spacial score (nSPS) is 10.9. The molecule has 0 unspecified atom stereocenters. The zero-order chi connectivity index (χ0) is 12.6. The molecule has 17 heavy (non-hydrogen) atoms. The molecule has 90 valence electrons. The topological polar surface area (TPSA) is 17.8 Å². The summed E-state index contributed by atoms with van der Waals surface area (Å²) in [5.74, 6) is -0.341. The summed E-state index contributed by atoms with van der Waals surface area (Å²) in [6, 6.07) is 4.65. The van der Waals surface area contributed by atoms with Gasteiger partial charge < -0.3 is 0 Å². The number of aromatic nitrogens is 2. The molecule has 0 N–H and O–H groups in total. The van der Waals surface area contributed by atoms with Crippen LogP contribution in [0.3, 0.4) is 0 Å². The van der Waals surface area contributed by atoms with Crippen LogP contribution in [0.25, 0.3) is 11.3 Å². The minimum atomic E-state index is -0.341. The number of hydrogen-bond donors (Lipinski definition) is 0. The van der Waals surface area contributed by atoms with E-state index < -0.39 is 0 Å². The van der Waals surface area contributed by atoms with Crippen molar-refractivity contribution < 1.29 is 4.39 Å². The van der Waals surface area contributed by atoms with E-state index in [9.17, 15) is 4.39 Å². The van der Waals surface area contributed by atoms with E-state index in [0.29, 0.717) is 16.3 Å². The van der Waals surface area contributed by atoms with Crippen molar-refractivity contribution in [1.29, 1.82) is 0 Å². The molecule has 2 aromatic rings. The van der Waals surface area contributed by atoms with Crippen molar-refractivity contribution in [2.75, 3.05) is 6.26 Å². The van der Waals surface area contributed by atoms with Gasteiger partial charge in [0, 0.05) is 23.2 Å². The summed E-state index contributed by atoms with van der Waals surface area (Å²) in [5, 5.41) is 5.78. The minimum Gasteiger partial charge on any atom is -0.261 e. The van der Waals surface area contributed by atoms with E-state index in [1.165, 1.54) is 6.07 Å². The van der Waals surface area contributed by atoms with Gasteiger partial charge in [-0.25, -0.2) is 4.39 Å². The van der Waals surface area contributed by atoms with Crippen LogP contribution < -0.4 is 0 Å². The summed E-state index contributed by atoms with van der Waals surface area (Å²) in [4.78, 5) is 0. The predicted octanol–water partition coefficient (Wildman–Crippen LogP) is 3.91. The molecule has 0 spiro atoms. The van der Waals surface area contributed by atoms with Crippen molar-refractivity contribution in [3.05, 3.63) is 34.6 Å². The molecule has 0 radical (unpaired) electrons. The van der Waals surface area contributed by atoms with Crippen molar-refractivity contribution >= 4 is 23.4 Å². The zero-order valence-electron chi connectivity index (χ0n) is 9.79. The number of aryl methyl sites for hydroxylation is 1. The van der Waals surface area contributed by atoms with E-state index in [4.69, 9.17) is 11.6 Å². The van der Waals surface area contributed by atoms with Gasteiger partial charge in [-0.15, -0.1) is 11.8 Å². The summed E-state index contributed by atoms with van der Waals surface area (Å²) < 4.78 is 15.6. The summed E-state index contributed by atoms with van der Waals surface area (Å²) in [5.41, 5.74) is 2.15. The number of benzene rings is 1. The van der Waals surface area contributed by atoms with Gasteiger partial charge in [0.1, 0.15) is 5.82 Å². The predicted molar refractivity (Wildman–Crippen MR) is 70.1 cm³/mol. The van der Waals surface area contributed by atoms with Gasteiger partial charge in [-0.1, -0.05) is 11.6 Å². The molecule has 5 heteroatoms. The summed E-state index contributed by atoms with van der Waals surface area (Å²) >= 11 is 7.34. The van der Waals surface area contributed by atoms with Gasteiger partial charge in [-0.3, -0.25) is 4.68 Å². The van der Waals surface area contributed by atoms with E-state index in [-0.39, 0.29) is 5.82 Å². The Kier molecular flexibility index (Phi) is 3.45. The van der Waals surface area contributed by atoms with Crippen LogP contribution in [0.15, 0.2) is 23.2 Å². The van der Waals surface area contributed by atoms with Gasteiger partial charge in [0.2, 0.25) is 0 Å². The van der Waals surface area contributed by atoms with Crippen molar-refractivity contribution in [3.63, 3.8) is 0 Å². The average molecular weight is 271 g/mol. The highest BCUT2D eigenvalue weighted by Gasteiger charge is 2.16. The van der Waals surface area contributed by atoms with Crippen molar-refractivity contribution in [3.8, 4) is 11.3 Å². The van der Waals surface area contributed by atoms with Gasteiger partial charge in [0.25, 0.3) is 0 Å². The minimum absolute atomic E-state index is 0.341. The molecule has 0 fully saturated rings. The fourth-order valence-corrected chi connectivity index (χ4v) is 2.70. The van der Waals surface area contributed by atoms with Crippen LogP contribution in [0.5, 0.6) is 0 Å². The van der Waals surface area contributed by atoms with Crippen LogP contribution in [-0.4, -0.2) is 16.0 Å². The first-order valence-electron chi connectivity index (χ1n) is 5.07. The van der Waals surface area contributed by atoms with Gasteiger partial charge in [0.15, 0.2) is 0 Å². The lowest BCUT2D eigenvalue weighted by atomic mass is 10.1. The Morgan fingerprint density at radius 2 is 2.12 bits per heavy atom. The lowest BCUT2D eigenvalue weighted by Gasteiger charge is -2.01. The lowest BCUT2D eigenvalue weighted by molar-refractivity contribution is 0.629. The van der Waals surface area contributed by atoms with Crippen LogP contribution in [0.4, 0.5) is 4.39 Å². The molecule has 0 aliphatic carbocycles. The summed E-state index contributed by atoms with van der Waals surface area (Å²) in [6.45, 7) is 1.95. The molecule has 1 aromatic heterocycles. The molecule has 0 amide bonds. The monoisotopic (exact) mass is 270 g/mol. The van der Waals surface area contributed by atoms with E-state index in [0.717, 1.165) is 10.6 Å². The fraction of sp³-hybridized carbons (Fsp3) is 0.250. The van der Waals surface area contributed by atoms with Crippen LogP contribution in [-0.2, 0) is 7.05 Å². The average Bonchev–Trinajstić information content (AvgIpc) is 2.54. The van der Waals surface area contributed by atoms with Gasteiger partial charge in [-0.2, -0.15) is 5.10 Å². The molecular weight excluding hydrogens is 259 g/mol. The van der Waals surface area contributed by atoms with Crippen LogP contribution >= 0.6 is 23.4 Å². The first-order valence-corrected chi connectivity index (χ1v) is 6.68. The molecule has 0 atom stereocenters. The number of hydrogen-bond acceptors (Lipinski definition) is 2. The first kappa shape index (κ1) is 12.5. The van der Waals surface area contributed by atoms with Crippen molar-refractivity contribution in [1.82, 2.24) is 9.78 Å². The van der Waals surface area contributed by atoms with Crippen LogP contribution in [0.2, 0.25) is 5.02 Å². The Balaban J connectivity index is 2.61. The molecule has 1 aromatic carbocycles. The third-order valence-corrected chi connectivity index (χ3v) is 3.79. The van der Waals surface area contributed by atoms with Gasteiger partial charge in [-0.05, 0) is 31.4 Å². The number of nitrogens with zero attached hydrogens (tertiary/aromatic N) is 2. The van der Waals surface area contributed by atoms with E-state index in [2.05, 4.69) is 5.10 Å². The Morgan fingerprint density at radius 1 is 1.41 bits per heavy atom. The van der Waals surface area contributed by atoms with Gasteiger partial charge in [0.05, 0.1) is 10.7 Å². The van der Waals surface area contributed by atoms with Crippen LogP contribution in [0.1, 0.15) is 5.56 Å². The maximum atomic E-state index is 13.8. The third kappa shape index (κ3) is 2.19. The standard InChI is InChI=1S/C12H12ClFN2S/c1-7-11(15-16(2)12(7)17-3)9-5-4-8(13)6-10(9)14/h4-6H,1-3H3. The highest BCUT2D eigenvalue weighted by atomic mass is 35.5. The maximum Gasteiger partial charge on any atom is 0.134 e. The largest absolute Gasteiger partial charge is 0.261 e. The van der Waals surface area contributed by atoms with Gasteiger partial charge >= 0.3 is 0 Å². The quantitative estimate of drug-likeness (QED) is 0.770. The molecule has 0 saturated heterocycles.